The van der Waals surface area contributed by atoms with Crippen molar-refractivity contribution in [2.75, 3.05) is 16.8 Å². The summed E-state index contributed by atoms with van der Waals surface area (Å²) in [6.07, 6.45) is 1.78. The molecule has 1 unspecified atom stereocenters. The molecule has 0 spiro atoms. The van der Waals surface area contributed by atoms with E-state index in [9.17, 15) is 14.0 Å². The quantitative estimate of drug-likeness (QED) is 0.765. The van der Waals surface area contributed by atoms with Gasteiger partial charge in [0.15, 0.2) is 0 Å². The summed E-state index contributed by atoms with van der Waals surface area (Å²) in [7, 11) is 0. The van der Waals surface area contributed by atoms with Gasteiger partial charge in [-0.2, -0.15) is 0 Å². The summed E-state index contributed by atoms with van der Waals surface area (Å²) in [5, 5.41) is 5.68. The molecule has 1 aliphatic heterocycles. The molecule has 0 saturated carbocycles. The molecular formula is C19H16FN3O2S. The minimum absolute atomic E-state index is 0.127. The standard InChI is InChI=1S/C19H16FN3O2S/c1-11-8-13(2-3-15(11)20)23-10-12(9-17(23)24)19(25)22-18-14-5-7-26-16(14)4-6-21-18/h2-8,12H,9-10H2,1H3,(H,21,22,25). The molecule has 26 heavy (non-hydrogen) atoms. The molecule has 0 bridgehead atoms. The van der Waals surface area contributed by atoms with Crippen molar-refractivity contribution >= 4 is 44.7 Å². The first-order valence-corrected chi connectivity index (χ1v) is 9.10. The molecule has 1 fully saturated rings. The number of aryl methyl sites for hydroxylation is 1. The van der Waals surface area contributed by atoms with Gasteiger partial charge in [-0.15, -0.1) is 11.3 Å². The van der Waals surface area contributed by atoms with Crippen LogP contribution >= 0.6 is 11.3 Å². The molecule has 3 heterocycles. The fraction of sp³-hybridized carbons (Fsp3) is 0.211. The fourth-order valence-electron chi connectivity index (χ4n) is 3.14. The molecule has 2 aromatic heterocycles. The van der Waals surface area contributed by atoms with E-state index >= 15 is 0 Å². The third-order valence-electron chi connectivity index (χ3n) is 4.57. The third-order valence-corrected chi connectivity index (χ3v) is 5.45. The minimum Gasteiger partial charge on any atom is -0.312 e. The lowest BCUT2D eigenvalue weighted by atomic mass is 10.1. The Bertz CT molecular complexity index is 1020. The highest BCUT2D eigenvalue weighted by molar-refractivity contribution is 7.17. The number of halogens is 1. The van der Waals surface area contributed by atoms with E-state index in [1.165, 1.54) is 11.0 Å². The van der Waals surface area contributed by atoms with Crippen molar-refractivity contribution in [2.45, 2.75) is 13.3 Å². The van der Waals surface area contributed by atoms with Crippen LogP contribution in [0.5, 0.6) is 0 Å². The highest BCUT2D eigenvalue weighted by atomic mass is 32.1. The van der Waals surface area contributed by atoms with Crippen molar-refractivity contribution in [2.24, 2.45) is 5.92 Å². The fourth-order valence-corrected chi connectivity index (χ4v) is 3.92. The molecule has 1 aliphatic rings. The lowest BCUT2D eigenvalue weighted by Gasteiger charge is -2.17. The molecule has 1 saturated heterocycles. The molecule has 1 N–H and O–H groups in total. The first-order valence-electron chi connectivity index (χ1n) is 8.22. The number of amides is 2. The summed E-state index contributed by atoms with van der Waals surface area (Å²) < 4.78 is 14.5. The van der Waals surface area contributed by atoms with Crippen molar-refractivity contribution in [3.63, 3.8) is 0 Å². The number of hydrogen-bond donors (Lipinski definition) is 1. The van der Waals surface area contributed by atoms with Gasteiger partial charge in [0.1, 0.15) is 11.6 Å². The zero-order valence-electron chi connectivity index (χ0n) is 14.0. The first-order chi connectivity index (χ1) is 12.5. The second-order valence-corrected chi connectivity index (χ2v) is 7.27. The smallest absolute Gasteiger partial charge is 0.230 e. The molecule has 1 atom stereocenters. The second kappa shape index (κ2) is 6.49. The number of nitrogens with zero attached hydrogens (tertiary/aromatic N) is 2. The summed E-state index contributed by atoms with van der Waals surface area (Å²) in [6.45, 7) is 1.92. The molecule has 4 rings (SSSR count). The predicted octanol–water partition coefficient (Wildman–Crippen LogP) is 3.74. The molecule has 1 aromatic carbocycles. The molecule has 3 aromatic rings. The average molecular weight is 369 g/mol. The number of fused-ring (bicyclic) bond motifs is 1. The Labute approximate surface area is 153 Å². The minimum atomic E-state index is -0.469. The van der Waals surface area contributed by atoms with Gasteiger partial charge in [-0.1, -0.05) is 0 Å². The Hall–Kier alpha value is -2.80. The van der Waals surface area contributed by atoms with Crippen LogP contribution in [0.3, 0.4) is 0 Å². The normalized spacial score (nSPS) is 17.1. The Morgan fingerprint density at radius 1 is 1.35 bits per heavy atom. The molecule has 5 nitrogen and oxygen atoms in total. The van der Waals surface area contributed by atoms with E-state index in [0.29, 0.717) is 17.1 Å². The number of hydrogen-bond acceptors (Lipinski definition) is 4. The van der Waals surface area contributed by atoms with Gasteiger partial charge in [0.2, 0.25) is 11.8 Å². The highest BCUT2D eigenvalue weighted by Crippen LogP contribution is 2.29. The van der Waals surface area contributed by atoms with E-state index in [1.54, 1.807) is 36.6 Å². The van der Waals surface area contributed by atoms with Crippen LogP contribution in [0.4, 0.5) is 15.9 Å². The Balaban J connectivity index is 1.52. The van der Waals surface area contributed by atoms with Crippen LogP contribution in [-0.2, 0) is 9.59 Å². The number of pyridine rings is 1. The van der Waals surface area contributed by atoms with E-state index in [2.05, 4.69) is 10.3 Å². The van der Waals surface area contributed by atoms with Crippen LogP contribution in [-0.4, -0.2) is 23.3 Å². The lowest BCUT2D eigenvalue weighted by Crippen LogP contribution is -2.28. The predicted molar refractivity (Wildman–Crippen MR) is 99.8 cm³/mol. The molecule has 2 amide bonds. The Morgan fingerprint density at radius 3 is 3.00 bits per heavy atom. The van der Waals surface area contributed by atoms with Crippen LogP contribution in [0.25, 0.3) is 10.1 Å². The Morgan fingerprint density at radius 2 is 2.19 bits per heavy atom. The summed E-state index contributed by atoms with van der Waals surface area (Å²) in [5.74, 6) is -0.644. The van der Waals surface area contributed by atoms with Crippen molar-refractivity contribution in [3.05, 3.63) is 53.3 Å². The number of carbonyl (C=O) groups is 2. The van der Waals surface area contributed by atoms with Crippen molar-refractivity contribution in [1.29, 1.82) is 0 Å². The van der Waals surface area contributed by atoms with Crippen molar-refractivity contribution < 1.29 is 14.0 Å². The first kappa shape index (κ1) is 16.7. The van der Waals surface area contributed by atoms with E-state index < -0.39 is 5.92 Å². The summed E-state index contributed by atoms with van der Waals surface area (Å²) in [6, 6.07) is 8.34. The molecule has 132 valence electrons. The zero-order chi connectivity index (χ0) is 18.3. The monoisotopic (exact) mass is 369 g/mol. The van der Waals surface area contributed by atoms with Crippen LogP contribution in [0.1, 0.15) is 12.0 Å². The van der Waals surface area contributed by atoms with Crippen LogP contribution < -0.4 is 10.2 Å². The number of anilines is 2. The van der Waals surface area contributed by atoms with E-state index in [-0.39, 0.29) is 30.6 Å². The van der Waals surface area contributed by atoms with Gasteiger partial charge in [0.25, 0.3) is 0 Å². The number of rotatable bonds is 3. The van der Waals surface area contributed by atoms with E-state index in [4.69, 9.17) is 0 Å². The van der Waals surface area contributed by atoms with Gasteiger partial charge >= 0.3 is 0 Å². The van der Waals surface area contributed by atoms with Crippen molar-refractivity contribution in [3.8, 4) is 0 Å². The summed E-state index contributed by atoms with van der Waals surface area (Å²) in [5.41, 5.74) is 1.08. The molecule has 7 heteroatoms. The van der Waals surface area contributed by atoms with Crippen LogP contribution in [0, 0.1) is 18.7 Å². The van der Waals surface area contributed by atoms with Gasteiger partial charge in [0.05, 0.1) is 5.92 Å². The van der Waals surface area contributed by atoms with Gasteiger partial charge in [-0.25, -0.2) is 9.37 Å². The lowest BCUT2D eigenvalue weighted by molar-refractivity contribution is -0.122. The summed E-state index contributed by atoms with van der Waals surface area (Å²) in [4.78, 5) is 30.8. The maximum absolute atomic E-state index is 13.5. The van der Waals surface area contributed by atoms with Crippen LogP contribution in [0.2, 0.25) is 0 Å². The van der Waals surface area contributed by atoms with E-state index in [0.717, 1.165) is 10.1 Å². The number of thiophene rings is 1. The van der Waals surface area contributed by atoms with Gasteiger partial charge in [-0.3, -0.25) is 9.59 Å². The maximum Gasteiger partial charge on any atom is 0.230 e. The topological polar surface area (TPSA) is 62.3 Å². The SMILES string of the molecule is Cc1cc(N2CC(C(=O)Nc3nccc4sccc34)CC2=O)ccc1F. The molecule has 0 radical (unpaired) electrons. The second-order valence-electron chi connectivity index (χ2n) is 6.32. The van der Waals surface area contributed by atoms with Gasteiger partial charge in [-0.05, 0) is 48.2 Å². The number of nitrogens with one attached hydrogen (secondary N) is 1. The number of benzene rings is 1. The van der Waals surface area contributed by atoms with E-state index in [1.807, 2.05) is 17.5 Å². The maximum atomic E-state index is 13.5. The molecular weight excluding hydrogens is 353 g/mol. The van der Waals surface area contributed by atoms with Gasteiger partial charge < -0.3 is 10.2 Å². The molecule has 0 aliphatic carbocycles. The van der Waals surface area contributed by atoms with Crippen molar-refractivity contribution in [1.82, 2.24) is 4.98 Å². The van der Waals surface area contributed by atoms with Gasteiger partial charge in [0, 0.05) is 34.9 Å². The number of aromatic nitrogens is 1. The number of carbonyl (C=O) groups excluding carboxylic acids is 2. The highest BCUT2D eigenvalue weighted by Gasteiger charge is 2.35. The largest absolute Gasteiger partial charge is 0.312 e. The average Bonchev–Trinajstić information content (AvgIpc) is 3.24. The zero-order valence-corrected chi connectivity index (χ0v) is 14.8. The Kier molecular flexibility index (Phi) is 4.16. The summed E-state index contributed by atoms with van der Waals surface area (Å²) >= 11 is 1.58. The van der Waals surface area contributed by atoms with Crippen LogP contribution in [0.15, 0.2) is 41.9 Å². The third kappa shape index (κ3) is 2.94.